The first kappa shape index (κ1) is 13.6. The highest BCUT2D eigenvalue weighted by molar-refractivity contribution is 5.81. The monoisotopic (exact) mass is 254 g/mol. The van der Waals surface area contributed by atoms with Gasteiger partial charge in [0.15, 0.2) is 0 Å². The van der Waals surface area contributed by atoms with E-state index in [0.29, 0.717) is 0 Å². The summed E-state index contributed by atoms with van der Waals surface area (Å²) in [7, 11) is 4.72. The molecular formula is C9H14N6O3. The summed E-state index contributed by atoms with van der Waals surface area (Å²) < 4.78 is 0. The SMILES string of the molecule is CN(C)C(=O)CN(C)c1nc(N)ncc1[N+](=O)[O-]. The van der Waals surface area contributed by atoms with Crippen LogP contribution in [0.25, 0.3) is 0 Å². The van der Waals surface area contributed by atoms with Crippen molar-refractivity contribution in [3.8, 4) is 0 Å². The van der Waals surface area contributed by atoms with Gasteiger partial charge in [-0.15, -0.1) is 0 Å². The fourth-order valence-electron chi connectivity index (χ4n) is 1.21. The lowest BCUT2D eigenvalue weighted by molar-refractivity contribution is -0.384. The summed E-state index contributed by atoms with van der Waals surface area (Å²) in [5.74, 6) is -0.272. The molecule has 1 heterocycles. The lowest BCUT2D eigenvalue weighted by Gasteiger charge is -2.19. The minimum absolute atomic E-state index is 0.0164. The molecule has 2 N–H and O–H groups in total. The van der Waals surface area contributed by atoms with Gasteiger partial charge in [0.1, 0.15) is 6.20 Å². The Labute approximate surface area is 103 Å². The highest BCUT2D eigenvalue weighted by Crippen LogP contribution is 2.24. The zero-order chi connectivity index (χ0) is 13.9. The van der Waals surface area contributed by atoms with Crippen molar-refractivity contribution >= 4 is 23.4 Å². The van der Waals surface area contributed by atoms with E-state index >= 15 is 0 Å². The average Bonchev–Trinajstić information content (AvgIpc) is 2.28. The van der Waals surface area contributed by atoms with Gasteiger partial charge in [-0.2, -0.15) is 4.98 Å². The summed E-state index contributed by atoms with van der Waals surface area (Å²) in [4.78, 5) is 31.8. The minimum Gasteiger partial charge on any atom is -0.368 e. The molecule has 0 aliphatic rings. The molecule has 1 amide bonds. The zero-order valence-electron chi connectivity index (χ0n) is 10.3. The first-order chi connectivity index (χ1) is 8.32. The Morgan fingerprint density at radius 1 is 1.50 bits per heavy atom. The molecular weight excluding hydrogens is 240 g/mol. The normalized spacial score (nSPS) is 9.94. The molecule has 0 aliphatic carbocycles. The van der Waals surface area contributed by atoms with Crippen LogP contribution in [-0.2, 0) is 4.79 Å². The molecule has 1 aromatic heterocycles. The number of nitrogen functional groups attached to an aromatic ring is 1. The van der Waals surface area contributed by atoms with Gasteiger partial charge in [0.05, 0.1) is 11.5 Å². The lowest BCUT2D eigenvalue weighted by atomic mass is 10.4. The number of hydrogen-bond acceptors (Lipinski definition) is 7. The summed E-state index contributed by atoms with van der Waals surface area (Å²) in [6.45, 7) is -0.0374. The molecule has 0 radical (unpaired) electrons. The maximum absolute atomic E-state index is 11.5. The van der Waals surface area contributed by atoms with Gasteiger partial charge in [-0.1, -0.05) is 0 Å². The molecule has 0 unspecified atom stereocenters. The largest absolute Gasteiger partial charge is 0.368 e. The molecule has 0 fully saturated rings. The molecule has 1 aromatic rings. The molecule has 98 valence electrons. The van der Waals surface area contributed by atoms with E-state index in [1.165, 1.54) is 16.8 Å². The minimum atomic E-state index is -0.620. The maximum Gasteiger partial charge on any atom is 0.329 e. The summed E-state index contributed by atoms with van der Waals surface area (Å²) in [6, 6.07) is 0. The Balaban J connectivity index is 3.04. The van der Waals surface area contributed by atoms with E-state index in [1.54, 1.807) is 14.1 Å². The molecule has 0 atom stereocenters. The Bertz CT molecular complexity index is 475. The second-order valence-corrected chi connectivity index (χ2v) is 3.84. The number of amides is 1. The molecule has 0 saturated carbocycles. The van der Waals surface area contributed by atoms with Crippen LogP contribution in [0.2, 0.25) is 0 Å². The van der Waals surface area contributed by atoms with Gasteiger partial charge in [0, 0.05) is 21.1 Å². The van der Waals surface area contributed by atoms with Gasteiger partial charge in [-0.25, -0.2) is 4.98 Å². The third-order valence-electron chi connectivity index (χ3n) is 2.20. The third kappa shape index (κ3) is 3.03. The van der Waals surface area contributed by atoms with Crippen LogP contribution in [0.4, 0.5) is 17.5 Å². The number of rotatable bonds is 4. The zero-order valence-corrected chi connectivity index (χ0v) is 10.3. The van der Waals surface area contributed by atoms with E-state index in [9.17, 15) is 14.9 Å². The van der Waals surface area contributed by atoms with E-state index in [1.807, 2.05) is 0 Å². The van der Waals surface area contributed by atoms with Crippen LogP contribution in [0.15, 0.2) is 6.20 Å². The fraction of sp³-hybridized carbons (Fsp3) is 0.444. The Kier molecular flexibility index (Phi) is 3.97. The molecule has 0 aliphatic heterocycles. The molecule has 18 heavy (non-hydrogen) atoms. The number of carbonyl (C=O) groups is 1. The molecule has 1 rings (SSSR count). The van der Waals surface area contributed by atoms with Crippen molar-refractivity contribution in [2.24, 2.45) is 0 Å². The van der Waals surface area contributed by atoms with Crippen LogP contribution in [-0.4, -0.2) is 53.4 Å². The van der Waals surface area contributed by atoms with Crippen molar-refractivity contribution < 1.29 is 9.72 Å². The first-order valence-electron chi connectivity index (χ1n) is 5.01. The van der Waals surface area contributed by atoms with Crippen molar-refractivity contribution in [3.05, 3.63) is 16.3 Å². The van der Waals surface area contributed by atoms with Crippen LogP contribution in [0.3, 0.4) is 0 Å². The van der Waals surface area contributed by atoms with Crippen LogP contribution in [0, 0.1) is 10.1 Å². The molecule has 0 saturated heterocycles. The van der Waals surface area contributed by atoms with Crippen LogP contribution < -0.4 is 10.6 Å². The second kappa shape index (κ2) is 5.25. The number of hydrogen-bond donors (Lipinski definition) is 1. The van der Waals surface area contributed by atoms with Crippen LogP contribution in [0.5, 0.6) is 0 Å². The predicted octanol–water partition coefficient (Wildman–Crippen LogP) is -0.509. The van der Waals surface area contributed by atoms with Crippen molar-refractivity contribution in [1.82, 2.24) is 14.9 Å². The number of aromatic nitrogens is 2. The van der Waals surface area contributed by atoms with E-state index in [0.717, 1.165) is 6.20 Å². The van der Waals surface area contributed by atoms with Crippen molar-refractivity contribution in [3.63, 3.8) is 0 Å². The van der Waals surface area contributed by atoms with Crippen molar-refractivity contribution in [2.45, 2.75) is 0 Å². The Morgan fingerprint density at radius 3 is 2.61 bits per heavy atom. The molecule has 9 heteroatoms. The van der Waals surface area contributed by atoms with E-state index in [-0.39, 0.29) is 29.9 Å². The molecule has 0 spiro atoms. The fourth-order valence-corrected chi connectivity index (χ4v) is 1.21. The van der Waals surface area contributed by atoms with Gasteiger partial charge in [0.25, 0.3) is 0 Å². The smallest absolute Gasteiger partial charge is 0.329 e. The quantitative estimate of drug-likeness (QED) is 0.567. The van der Waals surface area contributed by atoms with Crippen molar-refractivity contribution in [2.75, 3.05) is 38.3 Å². The molecule has 9 nitrogen and oxygen atoms in total. The van der Waals surface area contributed by atoms with Crippen molar-refractivity contribution in [1.29, 1.82) is 0 Å². The second-order valence-electron chi connectivity index (χ2n) is 3.84. The van der Waals surface area contributed by atoms with Gasteiger partial charge in [-0.3, -0.25) is 14.9 Å². The van der Waals surface area contributed by atoms with Gasteiger partial charge < -0.3 is 15.5 Å². The number of anilines is 2. The van der Waals surface area contributed by atoms with Crippen LogP contribution in [0.1, 0.15) is 0 Å². The summed E-state index contributed by atoms with van der Waals surface area (Å²) >= 11 is 0. The van der Waals surface area contributed by atoms with Gasteiger partial charge in [0.2, 0.25) is 17.7 Å². The highest BCUT2D eigenvalue weighted by Gasteiger charge is 2.22. The Hall–Kier alpha value is -2.45. The average molecular weight is 254 g/mol. The van der Waals surface area contributed by atoms with E-state index < -0.39 is 4.92 Å². The summed E-state index contributed by atoms with van der Waals surface area (Å²) in [5, 5.41) is 10.8. The maximum atomic E-state index is 11.5. The standard InChI is InChI=1S/C9H14N6O3/c1-13(2)7(16)5-14(3)8-6(15(17)18)4-11-9(10)12-8/h4H,5H2,1-3H3,(H2,10,11,12). The Morgan fingerprint density at radius 2 is 2.11 bits per heavy atom. The topological polar surface area (TPSA) is 118 Å². The highest BCUT2D eigenvalue weighted by atomic mass is 16.6. The molecule has 0 aromatic carbocycles. The van der Waals surface area contributed by atoms with E-state index in [4.69, 9.17) is 5.73 Å². The van der Waals surface area contributed by atoms with Gasteiger partial charge in [-0.05, 0) is 0 Å². The number of nitrogens with zero attached hydrogens (tertiary/aromatic N) is 5. The van der Waals surface area contributed by atoms with Gasteiger partial charge >= 0.3 is 5.69 Å². The number of carbonyl (C=O) groups excluding carboxylic acids is 1. The lowest BCUT2D eigenvalue weighted by Crippen LogP contribution is -2.35. The number of nitro groups is 1. The summed E-state index contributed by atoms with van der Waals surface area (Å²) in [5.41, 5.74) is 5.10. The van der Waals surface area contributed by atoms with Crippen LogP contribution >= 0.6 is 0 Å². The van der Waals surface area contributed by atoms with E-state index in [2.05, 4.69) is 9.97 Å². The number of nitrogens with two attached hydrogens (primary N) is 1. The number of likely N-dealkylation sites (N-methyl/N-ethyl adjacent to an activating group) is 2. The first-order valence-corrected chi connectivity index (χ1v) is 5.01. The molecule has 0 bridgehead atoms. The third-order valence-corrected chi connectivity index (χ3v) is 2.20. The predicted molar refractivity (Wildman–Crippen MR) is 65.1 cm³/mol. The summed E-state index contributed by atoms with van der Waals surface area (Å²) in [6.07, 6.45) is 1.02.